The minimum atomic E-state index is -0.855. The van der Waals surface area contributed by atoms with Crippen molar-refractivity contribution in [3.8, 4) is 5.75 Å². The Bertz CT molecular complexity index is 1260. The Morgan fingerprint density at radius 1 is 1.03 bits per heavy atom. The van der Waals surface area contributed by atoms with Gasteiger partial charge in [0.1, 0.15) is 12.4 Å². The zero-order chi connectivity index (χ0) is 21.2. The number of nitrogens with one attached hydrogen (secondary N) is 1. The van der Waals surface area contributed by atoms with Crippen LogP contribution >= 0.6 is 0 Å². The van der Waals surface area contributed by atoms with Crippen LogP contribution in [-0.4, -0.2) is 21.0 Å². The third-order valence-electron chi connectivity index (χ3n) is 6.15. The van der Waals surface area contributed by atoms with E-state index >= 15 is 0 Å². The van der Waals surface area contributed by atoms with E-state index in [2.05, 4.69) is 9.97 Å². The normalized spacial score (nSPS) is 14.2. The largest absolute Gasteiger partial charge is 0.487 e. The van der Waals surface area contributed by atoms with Gasteiger partial charge in [0.2, 0.25) is 0 Å². The molecule has 0 fully saturated rings. The molecule has 0 saturated carbocycles. The predicted octanol–water partition coefficient (Wildman–Crippen LogP) is 5.58. The fourth-order valence-electron chi connectivity index (χ4n) is 4.61. The third kappa shape index (κ3) is 4.13. The van der Waals surface area contributed by atoms with Gasteiger partial charge in [-0.3, -0.25) is 4.79 Å². The summed E-state index contributed by atoms with van der Waals surface area (Å²) in [4.78, 5) is 19.8. The number of benzene rings is 2. The Labute approximate surface area is 181 Å². The number of aryl methyl sites for hydroxylation is 2. The molecule has 31 heavy (non-hydrogen) atoms. The van der Waals surface area contributed by atoms with Crippen molar-refractivity contribution in [3.05, 3.63) is 71.0 Å². The first-order chi connectivity index (χ1) is 15.2. The highest BCUT2D eigenvalue weighted by atomic mass is 16.5. The summed E-state index contributed by atoms with van der Waals surface area (Å²) >= 11 is 0. The van der Waals surface area contributed by atoms with Crippen LogP contribution in [0.2, 0.25) is 0 Å². The quantitative estimate of drug-likeness (QED) is 0.447. The molecule has 1 aliphatic rings. The summed E-state index contributed by atoms with van der Waals surface area (Å²) in [5.74, 6) is -0.245. The van der Waals surface area contributed by atoms with Crippen LogP contribution in [0, 0.1) is 0 Å². The van der Waals surface area contributed by atoms with Gasteiger partial charge in [0.05, 0.1) is 17.6 Å². The molecule has 0 bridgehead atoms. The van der Waals surface area contributed by atoms with Crippen LogP contribution in [0.3, 0.4) is 0 Å². The number of carbonyl (C=O) groups is 1. The average molecular weight is 415 g/mol. The van der Waals surface area contributed by atoms with Crippen molar-refractivity contribution in [2.24, 2.45) is 0 Å². The van der Waals surface area contributed by atoms with E-state index < -0.39 is 5.97 Å². The number of ether oxygens (including phenoxy) is 1. The molecule has 5 heteroatoms. The summed E-state index contributed by atoms with van der Waals surface area (Å²) in [6.45, 7) is 0.295. The molecule has 2 N–H and O–H groups in total. The van der Waals surface area contributed by atoms with E-state index in [1.807, 2.05) is 48.5 Å². The van der Waals surface area contributed by atoms with Gasteiger partial charge in [0, 0.05) is 33.6 Å². The lowest BCUT2D eigenvalue weighted by atomic mass is 9.95. The summed E-state index contributed by atoms with van der Waals surface area (Å²) in [7, 11) is 0. The Balaban J connectivity index is 1.48. The van der Waals surface area contributed by atoms with Gasteiger partial charge in [-0.25, -0.2) is 4.98 Å². The van der Waals surface area contributed by atoms with Gasteiger partial charge in [0.25, 0.3) is 0 Å². The first-order valence-corrected chi connectivity index (χ1v) is 11.0. The van der Waals surface area contributed by atoms with Crippen LogP contribution < -0.4 is 4.74 Å². The second-order valence-electron chi connectivity index (χ2n) is 8.36. The maximum atomic E-state index is 11.5. The number of para-hydroxylation sites is 1. The van der Waals surface area contributed by atoms with E-state index in [0.29, 0.717) is 17.9 Å². The predicted molar refractivity (Wildman–Crippen MR) is 122 cm³/mol. The van der Waals surface area contributed by atoms with Crippen molar-refractivity contribution < 1.29 is 14.6 Å². The van der Waals surface area contributed by atoms with E-state index in [-0.39, 0.29) is 6.42 Å². The number of H-pyrrole nitrogens is 1. The number of carboxylic acids is 1. The molecule has 0 amide bonds. The minimum Gasteiger partial charge on any atom is -0.487 e. The molecule has 2 heterocycles. The van der Waals surface area contributed by atoms with Crippen molar-refractivity contribution in [2.75, 3.05) is 0 Å². The lowest BCUT2D eigenvalue weighted by Gasteiger charge is -2.12. The number of aromatic amines is 1. The number of aliphatic carboxylic acids is 1. The molecule has 0 spiro atoms. The first kappa shape index (κ1) is 19.6. The van der Waals surface area contributed by atoms with Gasteiger partial charge >= 0.3 is 5.97 Å². The number of pyridine rings is 1. The minimum absolute atomic E-state index is 0.0592. The molecule has 158 valence electrons. The smallest absolute Gasteiger partial charge is 0.307 e. The summed E-state index contributed by atoms with van der Waals surface area (Å²) in [6.07, 6.45) is 6.94. The fourth-order valence-corrected chi connectivity index (χ4v) is 4.61. The van der Waals surface area contributed by atoms with E-state index in [0.717, 1.165) is 40.3 Å². The number of aromatic nitrogens is 2. The van der Waals surface area contributed by atoms with Crippen LogP contribution in [-0.2, 0) is 30.7 Å². The van der Waals surface area contributed by atoms with Crippen LogP contribution in [0.5, 0.6) is 5.75 Å². The highest BCUT2D eigenvalue weighted by molar-refractivity contribution is 5.88. The molecule has 2 aromatic carbocycles. The Kier molecular flexibility index (Phi) is 5.33. The molecule has 1 aliphatic carbocycles. The van der Waals surface area contributed by atoms with Gasteiger partial charge in [-0.1, -0.05) is 37.1 Å². The van der Waals surface area contributed by atoms with E-state index in [1.165, 1.54) is 36.9 Å². The fraction of sp³-hybridized carbons (Fsp3) is 0.308. The van der Waals surface area contributed by atoms with Crippen molar-refractivity contribution in [3.63, 3.8) is 0 Å². The van der Waals surface area contributed by atoms with Crippen LogP contribution in [0.15, 0.2) is 48.5 Å². The van der Waals surface area contributed by atoms with Gasteiger partial charge in [-0.05, 0) is 49.4 Å². The second kappa shape index (κ2) is 8.42. The topological polar surface area (TPSA) is 75.2 Å². The van der Waals surface area contributed by atoms with E-state index in [1.54, 1.807) is 0 Å². The number of nitrogens with zero attached hydrogens (tertiary/aromatic N) is 1. The molecular formula is C26H26N2O3. The first-order valence-electron chi connectivity index (χ1n) is 11.0. The molecule has 4 aromatic rings. The van der Waals surface area contributed by atoms with Gasteiger partial charge in [0.15, 0.2) is 0 Å². The van der Waals surface area contributed by atoms with Crippen molar-refractivity contribution >= 4 is 27.8 Å². The second-order valence-corrected chi connectivity index (χ2v) is 8.36. The van der Waals surface area contributed by atoms with Crippen molar-refractivity contribution in [1.29, 1.82) is 0 Å². The average Bonchev–Trinajstić information content (AvgIpc) is 3.06. The molecule has 0 unspecified atom stereocenters. The van der Waals surface area contributed by atoms with Gasteiger partial charge in [-0.2, -0.15) is 0 Å². The van der Waals surface area contributed by atoms with E-state index in [9.17, 15) is 9.90 Å². The maximum Gasteiger partial charge on any atom is 0.307 e. The highest BCUT2D eigenvalue weighted by Gasteiger charge is 2.18. The highest BCUT2D eigenvalue weighted by Crippen LogP contribution is 2.33. The molecular weight excluding hydrogens is 388 g/mol. The molecule has 0 aliphatic heterocycles. The lowest BCUT2D eigenvalue weighted by molar-refractivity contribution is -0.136. The van der Waals surface area contributed by atoms with E-state index in [4.69, 9.17) is 4.74 Å². The summed E-state index contributed by atoms with van der Waals surface area (Å²) < 4.78 is 6.12. The van der Waals surface area contributed by atoms with Crippen molar-refractivity contribution in [2.45, 2.75) is 51.6 Å². The SMILES string of the molecule is O=C(O)Cc1cc2c3c([nH]c2cc1OCc1ccc2ccccc2n1)CCCCCC3. The van der Waals surface area contributed by atoms with Gasteiger partial charge < -0.3 is 14.8 Å². The van der Waals surface area contributed by atoms with Crippen LogP contribution in [0.1, 0.15) is 48.2 Å². The molecule has 2 aromatic heterocycles. The Hall–Kier alpha value is -3.34. The Morgan fingerprint density at radius 2 is 1.87 bits per heavy atom. The standard InChI is InChI=1S/C26H26N2O3/c29-26(30)14-18-13-21-20-8-3-1-2-4-10-23(20)28-24(21)15-25(18)31-16-19-12-11-17-7-5-6-9-22(17)27-19/h5-7,9,11-13,15,28H,1-4,8,10,14,16H2,(H,29,30). The number of carboxylic acid groups (broad SMARTS) is 1. The molecule has 5 rings (SSSR count). The zero-order valence-electron chi connectivity index (χ0n) is 17.5. The lowest BCUT2D eigenvalue weighted by Crippen LogP contribution is -2.05. The van der Waals surface area contributed by atoms with Crippen LogP contribution in [0.25, 0.3) is 21.8 Å². The summed E-state index contributed by atoms with van der Waals surface area (Å²) in [6, 6.07) is 16.0. The number of rotatable bonds is 5. The number of hydrogen-bond donors (Lipinski definition) is 2. The van der Waals surface area contributed by atoms with Crippen molar-refractivity contribution in [1.82, 2.24) is 9.97 Å². The third-order valence-corrected chi connectivity index (χ3v) is 6.15. The number of fused-ring (bicyclic) bond motifs is 4. The van der Waals surface area contributed by atoms with Gasteiger partial charge in [-0.15, -0.1) is 0 Å². The zero-order valence-corrected chi connectivity index (χ0v) is 17.5. The summed E-state index contributed by atoms with van der Waals surface area (Å²) in [5.41, 5.74) is 6.13. The Morgan fingerprint density at radius 3 is 2.74 bits per heavy atom. The molecule has 0 radical (unpaired) electrons. The summed E-state index contributed by atoms with van der Waals surface area (Å²) in [5, 5.41) is 11.7. The monoisotopic (exact) mass is 414 g/mol. The molecule has 0 atom stereocenters. The molecule has 5 nitrogen and oxygen atoms in total. The van der Waals surface area contributed by atoms with Crippen LogP contribution in [0.4, 0.5) is 0 Å². The maximum absolute atomic E-state index is 11.5. The number of hydrogen-bond acceptors (Lipinski definition) is 3. The molecule has 0 saturated heterocycles.